The van der Waals surface area contributed by atoms with Crippen LogP contribution in [0.4, 0.5) is 0 Å². The Hall–Kier alpha value is -1.91. The van der Waals surface area contributed by atoms with Gasteiger partial charge in [-0.2, -0.15) is 5.10 Å². The van der Waals surface area contributed by atoms with E-state index in [9.17, 15) is 9.90 Å². The van der Waals surface area contributed by atoms with Crippen molar-refractivity contribution in [3.8, 4) is 0 Å². The van der Waals surface area contributed by atoms with Gasteiger partial charge in [0, 0.05) is 18.2 Å². The summed E-state index contributed by atoms with van der Waals surface area (Å²) in [5, 5.41) is 14.6. The molecule has 1 aliphatic carbocycles. The van der Waals surface area contributed by atoms with Crippen LogP contribution in [0.1, 0.15) is 47.4 Å². The number of nitrogens with zero attached hydrogens (tertiary/aromatic N) is 3. The molecule has 0 aromatic carbocycles. The van der Waals surface area contributed by atoms with Crippen LogP contribution in [0.15, 0.2) is 6.07 Å². The Labute approximate surface area is 104 Å². The number of carboxylic acids is 1. The third-order valence-corrected chi connectivity index (χ3v) is 3.35. The predicted molar refractivity (Wildman–Crippen MR) is 66.9 cm³/mol. The van der Waals surface area contributed by atoms with Crippen molar-refractivity contribution < 1.29 is 9.90 Å². The Kier molecular flexibility index (Phi) is 2.36. The second kappa shape index (κ2) is 3.80. The number of aromatic nitrogens is 3. The molecule has 18 heavy (non-hydrogen) atoms. The normalized spacial score (nSPS) is 15.2. The minimum absolute atomic E-state index is 0.333. The largest absolute Gasteiger partial charge is 0.478 e. The van der Waals surface area contributed by atoms with Gasteiger partial charge in [-0.05, 0) is 32.8 Å². The zero-order valence-electron chi connectivity index (χ0n) is 10.5. The molecule has 0 saturated heterocycles. The molecular weight excluding hydrogens is 230 g/mol. The summed E-state index contributed by atoms with van der Waals surface area (Å²) in [6.07, 6.45) is 2.20. The molecule has 2 heterocycles. The first-order chi connectivity index (χ1) is 8.61. The van der Waals surface area contributed by atoms with Crippen molar-refractivity contribution in [2.24, 2.45) is 0 Å². The van der Waals surface area contributed by atoms with Gasteiger partial charge in [0.25, 0.3) is 0 Å². The molecule has 0 spiro atoms. The molecule has 2 aromatic heterocycles. The Bertz CT molecular complexity index is 641. The van der Waals surface area contributed by atoms with E-state index in [2.05, 4.69) is 10.1 Å². The Balaban J connectivity index is 2.38. The van der Waals surface area contributed by atoms with E-state index in [1.807, 2.05) is 18.5 Å². The first-order valence-corrected chi connectivity index (χ1v) is 6.23. The maximum Gasteiger partial charge on any atom is 0.336 e. The van der Waals surface area contributed by atoms with Crippen molar-refractivity contribution in [2.45, 2.75) is 39.2 Å². The topological polar surface area (TPSA) is 68.0 Å². The summed E-state index contributed by atoms with van der Waals surface area (Å²) in [6, 6.07) is 1.64. The van der Waals surface area contributed by atoms with E-state index in [1.165, 1.54) is 0 Å². The molecular formula is C13H15N3O2. The fourth-order valence-electron chi connectivity index (χ4n) is 2.36. The molecule has 0 unspecified atom stereocenters. The molecule has 5 heteroatoms. The second-order valence-corrected chi connectivity index (χ2v) is 4.79. The van der Waals surface area contributed by atoms with Crippen LogP contribution in [-0.2, 0) is 6.54 Å². The number of hydrogen-bond acceptors (Lipinski definition) is 3. The standard InChI is InChI=1S/C13H15N3O2/c1-3-16-12-10(11(15-16)8-4-5-8)9(13(17)18)6-7(2)14-12/h6,8H,3-5H2,1-2H3,(H,17,18). The third-order valence-electron chi connectivity index (χ3n) is 3.35. The molecule has 2 aromatic rings. The van der Waals surface area contributed by atoms with Crippen LogP contribution in [0, 0.1) is 6.92 Å². The molecule has 1 fully saturated rings. The highest BCUT2D eigenvalue weighted by Gasteiger charge is 2.31. The second-order valence-electron chi connectivity index (χ2n) is 4.79. The number of rotatable bonds is 3. The number of aryl methyl sites for hydroxylation is 2. The van der Waals surface area contributed by atoms with E-state index in [0.29, 0.717) is 23.7 Å². The SMILES string of the molecule is CCn1nc(C2CC2)c2c(C(=O)O)cc(C)nc21. The lowest BCUT2D eigenvalue weighted by Gasteiger charge is -2.02. The van der Waals surface area contributed by atoms with E-state index < -0.39 is 5.97 Å². The summed E-state index contributed by atoms with van der Waals surface area (Å²) in [4.78, 5) is 15.9. The summed E-state index contributed by atoms with van der Waals surface area (Å²) in [5.41, 5.74) is 2.67. The Morgan fingerprint density at radius 3 is 2.83 bits per heavy atom. The average Bonchev–Trinajstić information content (AvgIpc) is 3.10. The Morgan fingerprint density at radius 1 is 1.56 bits per heavy atom. The summed E-state index contributed by atoms with van der Waals surface area (Å²) < 4.78 is 1.81. The van der Waals surface area contributed by atoms with Gasteiger partial charge in [0.2, 0.25) is 0 Å². The first-order valence-electron chi connectivity index (χ1n) is 6.23. The highest BCUT2D eigenvalue weighted by molar-refractivity contribution is 6.03. The van der Waals surface area contributed by atoms with Gasteiger partial charge < -0.3 is 5.11 Å². The monoisotopic (exact) mass is 245 g/mol. The maximum absolute atomic E-state index is 11.4. The van der Waals surface area contributed by atoms with Crippen LogP contribution in [-0.4, -0.2) is 25.8 Å². The number of hydrogen-bond donors (Lipinski definition) is 1. The summed E-state index contributed by atoms with van der Waals surface area (Å²) in [6.45, 7) is 4.52. The maximum atomic E-state index is 11.4. The summed E-state index contributed by atoms with van der Waals surface area (Å²) in [5.74, 6) is -0.481. The van der Waals surface area contributed by atoms with E-state index in [0.717, 1.165) is 29.6 Å². The number of aromatic carboxylic acids is 1. The van der Waals surface area contributed by atoms with Crippen LogP contribution in [0.25, 0.3) is 11.0 Å². The van der Waals surface area contributed by atoms with Crippen LogP contribution in [0.2, 0.25) is 0 Å². The van der Waals surface area contributed by atoms with E-state index in [-0.39, 0.29) is 0 Å². The molecule has 5 nitrogen and oxygen atoms in total. The molecule has 3 rings (SSSR count). The number of fused-ring (bicyclic) bond motifs is 1. The average molecular weight is 245 g/mol. The zero-order chi connectivity index (χ0) is 12.9. The molecule has 1 N–H and O–H groups in total. The lowest BCUT2D eigenvalue weighted by atomic mass is 10.1. The number of carboxylic acid groups (broad SMARTS) is 1. The van der Waals surface area contributed by atoms with E-state index >= 15 is 0 Å². The van der Waals surface area contributed by atoms with Crippen molar-refractivity contribution >= 4 is 17.0 Å². The van der Waals surface area contributed by atoms with Crippen LogP contribution < -0.4 is 0 Å². The fourth-order valence-corrected chi connectivity index (χ4v) is 2.36. The molecule has 0 amide bonds. The lowest BCUT2D eigenvalue weighted by Crippen LogP contribution is -2.02. The fraction of sp³-hybridized carbons (Fsp3) is 0.462. The number of carbonyl (C=O) groups is 1. The quantitative estimate of drug-likeness (QED) is 0.901. The van der Waals surface area contributed by atoms with E-state index in [1.54, 1.807) is 6.07 Å². The van der Waals surface area contributed by atoms with Gasteiger partial charge in [0.1, 0.15) is 0 Å². The van der Waals surface area contributed by atoms with Gasteiger partial charge in [-0.1, -0.05) is 0 Å². The molecule has 0 radical (unpaired) electrons. The highest BCUT2D eigenvalue weighted by atomic mass is 16.4. The van der Waals surface area contributed by atoms with Crippen LogP contribution >= 0.6 is 0 Å². The predicted octanol–water partition coefficient (Wildman–Crippen LogP) is 2.34. The minimum Gasteiger partial charge on any atom is -0.478 e. The lowest BCUT2D eigenvalue weighted by molar-refractivity contribution is 0.0699. The van der Waals surface area contributed by atoms with Gasteiger partial charge in [0.05, 0.1) is 16.6 Å². The molecule has 1 aliphatic rings. The summed E-state index contributed by atoms with van der Waals surface area (Å²) in [7, 11) is 0. The molecule has 0 atom stereocenters. The third kappa shape index (κ3) is 1.58. The zero-order valence-corrected chi connectivity index (χ0v) is 10.5. The van der Waals surface area contributed by atoms with Gasteiger partial charge in [-0.15, -0.1) is 0 Å². The first kappa shape index (κ1) is 11.2. The van der Waals surface area contributed by atoms with Gasteiger partial charge in [0.15, 0.2) is 5.65 Å². The minimum atomic E-state index is -0.900. The van der Waals surface area contributed by atoms with Crippen molar-refractivity contribution in [2.75, 3.05) is 0 Å². The Morgan fingerprint density at radius 2 is 2.28 bits per heavy atom. The van der Waals surface area contributed by atoms with Crippen molar-refractivity contribution in [1.29, 1.82) is 0 Å². The molecule has 0 bridgehead atoms. The van der Waals surface area contributed by atoms with Crippen molar-refractivity contribution in [3.63, 3.8) is 0 Å². The van der Waals surface area contributed by atoms with Crippen LogP contribution in [0.5, 0.6) is 0 Å². The number of pyridine rings is 1. The highest BCUT2D eigenvalue weighted by Crippen LogP contribution is 2.43. The van der Waals surface area contributed by atoms with Gasteiger partial charge in [-0.25, -0.2) is 14.5 Å². The van der Waals surface area contributed by atoms with E-state index in [4.69, 9.17) is 0 Å². The van der Waals surface area contributed by atoms with Crippen molar-refractivity contribution in [1.82, 2.24) is 14.8 Å². The molecule has 0 aliphatic heterocycles. The molecule has 1 saturated carbocycles. The smallest absolute Gasteiger partial charge is 0.336 e. The summed E-state index contributed by atoms with van der Waals surface area (Å²) >= 11 is 0. The van der Waals surface area contributed by atoms with Gasteiger partial charge in [-0.3, -0.25) is 0 Å². The molecule has 94 valence electrons. The van der Waals surface area contributed by atoms with Crippen LogP contribution in [0.3, 0.4) is 0 Å². The van der Waals surface area contributed by atoms with Gasteiger partial charge >= 0.3 is 5.97 Å². The van der Waals surface area contributed by atoms with Crippen molar-refractivity contribution in [3.05, 3.63) is 23.0 Å².